The number of aromatic nitrogens is 4. The Morgan fingerprint density at radius 2 is 1.49 bits per heavy atom. The number of imidazole rings is 1. The molecule has 0 aliphatic carbocycles. The van der Waals surface area contributed by atoms with Crippen LogP contribution in [0, 0.1) is 0 Å². The van der Waals surface area contributed by atoms with E-state index in [1.165, 1.54) is 17.2 Å². The highest BCUT2D eigenvalue weighted by Crippen LogP contribution is 2.33. The van der Waals surface area contributed by atoms with Gasteiger partial charge >= 0.3 is 12.1 Å². The number of fused-ring (bicyclic) bond motifs is 1. The van der Waals surface area contributed by atoms with Crippen molar-refractivity contribution < 1.29 is 39.1 Å². The molecule has 1 fully saturated rings. The first-order chi connectivity index (χ1) is 22.9. The Balaban J connectivity index is 1.18. The molecular weight excluding hydrogens is 606 g/mol. The standard InChI is InChI=1S/C34H33N5O8/c40-16-26-29(41)30(42)32(47-26)39-20-37-28-27(35-19-36-31(28)39)24-13-11-21(12-14-24)15-25(33(43)45-17-22-7-3-1-4-8-22)38-34(44)46-18-23-9-5-2-6-10-23/h1-14,19-20,25-26,29-30,32,40-42H,15-18H2,(H,38,44)/t25-,26+,29+,30+,32+/m0/s1. The largest absolute Gasteiger partial charge is 0.459 e. The lowest BCUT2D eigenvalue weighted by Gasteiger charge is -2.18. The Kier molecular flexibility index (Phi) is 9.78. The molecule has 0 spiro atoms. The molecule has 1 saturated heterocycles. The van der Waals surface area contributed by atoms with Gasteiger partial charge in [-0.05, 0) is 16.7 Å². The maximum atomic E-state index is 13.2. The number of esters is 1. The first-order valence-electron chi connectivity index (χ1n) is 15.0. The van der Waals surface area contributed by atoms with Crippen molar-refractivity contribution in [2.24, 2.45) is 0 Å². The van der Waals surface area contributed by atoms with E-state index in [9.17, 15) is 24.9 Å². The number of amides is 1. The molecule has 13 heteroatoms. The van der Waals surface area contributed by atoms with Crippen LogP contribution in [0.4, 0.5) is 4.79 Å². The van der Waals surface area contributed by atoms with E-state index in [-0.39, 0.29) is 19.6 Å². The lowest BCUT2D eigenvalue weighted by Crippen LogP contribution is -2.43. The summed E-state index contributed by atoms with van der Waals surface area (Å²) in [7, 11) is 0. The average Bonchev–Trinajstić information content (AvgIpc) is 3.67. The number of alkyl carbamates (subject to hydrolysis) is 1. The van der Waals surface area contributed by atoms with Gasteiger partial charge in [-0.1, -0.05) is 84.9 Å². The molecule has 0 saturated carbocycles. The zero-order valence-corrected chi connectivity index (χ0v) is 25.1. The molecule has 1 amide bonds. The van der Waals surface area contributed by atoms with Crippen LogP contribution in [0.5, 0.6) is 0 Å². The van der Waals surface area contributed by atoms with Gasteiger partial charge in [-0.15, -0.1) is 0 Å². The highest BCUT2D eigenvalue weighted by molar-refractivity contribution is 5.87. The maximum Gasteiger partial charge on any atom is 0.408 e. The summed E-state index contributed by atoms with van der Waals surface area (Å²) in [6.45, 7) is -0.358. The zero-order chi connectivity index (χ0) is 32.8. The van der Waals surface area contributed by atoms with E-state index in [0.29, 0.717) is 22.4 Å². The smallest absolute Gasteiger partial charge is 0.408 e. The van der Waals surface area contributed by atoms with Gasteiger partial charge in [0, 0.05) is 12.0 Å². The second kappa shape index (κ2) is 14.5. The third kappa shape index (κ3) is 7.28. The summed E-state index contributed by atoms with van der Waals surface area (Å²) in [6, 6.07) is 24.7. The van der Waals surface area contributed by atoms with Crippen molar-refractivity contribution in [2.75, 3.05) is 6.61 Å². The van der Waals surface area contributed by atoms with Crippen LogP contribution in [0.25, 0.3) is 22.4 Å². The van der Waals surface area contributed by atoms with Crippen molar-refractivity contribution in [3.63, 3.8) is 0 Å². The number of ether oxygens (including phenoxy) is 3. The molecule has 5 aromatic rings. The third-order valence-electron chi connectivity index (χ3n) is 7.83. The average molecular weight is 640 g/mol. The number of nitrogens with zero attached hydrogens (tertiary/aromatic N) is 4. The van der Waals surface area contributed by atoms with Gasteiger partial charge in [-0.25, -0.2) is 24.5 Å². The minimum absolute atomic E-state index is 0.0464. The summed E-state index contributed by atoms with van der Waals surface area (Å²) in [5.41, 5.74) is 4.37. The number of aliphatic hydroxyl groups is 3. The van der Waals surface area contributed by atoms with Gasteiger partial charge in [-0.2, -0.15) is 0 Å². The molecular formula is C34H33N5O8. The highest BCUT2D eigenvalue weighted by Gasteiger charge is 2.44. The van der Waals surface area contributed by atoms with Gasteiger partial charge in [0.05, 0.1) is 12.9 Å². The van der Waals surface area contributed by atoms with Crippen LogP contribution in [0.1, 0.15) is 22.9 Å². The molecule has 4 N–H and O–H groups in total. The number of aliphatic hydroxyl groups excluding tert-OH is 3. The van der Waals surface area contributed by atoms with Crippen LogP contribution in [0.15, 0.2) is 97.6 Å². The Hall–Kier alpha value is -5.21. The van der Waals surface area contributed by atoms with Crippen LogP contribution in [-0.4, -0.2) is 77.9 Å². The monoisotopic (exact) mass is 639 g/mol. The van der Waals surface area contributed by atoms with Crippen molar-refractivity contribution in [1.29, 1.82) is 0 Å². The predicted octanol–water partition coefficient (Wildman–Crippen LogP) is 2.69. The molecule has 0 bridgehead atoms. The fraction of sp³-hybridized carbons (Fsp3) is 0.265. The van der Waals surface area contributed by atoms with Crippen LogP contribution in [-0.2, 0) is 38.6 Å². The number of benzene rings is 3. The van der Waals surface area contributed by atoms with Crippen molar-refractivity contribution in [2.45, 2.75) is 50.2 Å². The Labute approximate surface area is 269 Å². The first kappa shape index (κ1) is 31.8. The van der Waals surface area contributed by atoms with Gasteiger partial charge in [0.15, 0.2) is 11.9 Å². The van der Waals surface area contributed by atoms with E-state index < -0.39 is 49.3 Å². The highest BCUT2D eigenvalue weighted by atomic mass is 16.6. The summed E-state index contributed by atoms with van der Waals surface area (Å²) in [5.74, 6) is -0.609. The van der Waals surface area contributed by atoms with Gasteiger partial charge in [0.25, 0.3) is 0 Å². The summed E-state index contributed by atoms with van der Waals surface area (Å²) in [6.07, 6.45) is -2.33. The number of rotatable bonds is 11. The summed E-state index contributed by atoms with van der Waals surface area (Å²) < 4.78 is 18.0. The normalized spacial score (nSPS) is 19.7. The fourth-order valence-corrected chi connectivity index (χ4v) is 5.32. The number of carbonyl (C=O) groups excluding carboxylic acids is 2. The van der Waals surface area contributed by atoms with Gasteiger partial charge in [0.2, 0.25) is 0 Å². The molecule has 2 aromatic heterocycles. The lowest BCUT2D eigenvalue weighted by atomic mass is 10.0. The molecule has 242 valence electrons. The van der Waals surface area contributed by atoms with E-state index in [1.54, 1.807) is 12.1 Å². The number of nitrogens with one attached hydrogen (secondary N) is 1. The van der Waals surface area contributed by atoms with Crippen LogP contribution in [0.3, 0.4) is 0 Å². The predicted molar refractivity (Wildman–Crippen MR) is 167 cm³/mol. The number of hydrogen-bond acceptors (Lipinski definition) is 11. The minimum atomic E-state index is -1.29. The number of carbonyl (C=O) groups is 2. The van der Waals surface area contributed by atoms with Crippen LogP contribution in [0.2, 0.25) is 0 Å². The van der Waals surface area contributed by atoms with Crippen LogP contribution >= 0.6 is 0 Å². The molecule has 1 aliphatic rings. The third-order valence-corrected chi connectivity index (χ3v) is 7.83. The Morgan fingerprint density at radius 3 is 2.13 bits per heavy atom. The van der Waals surface area contributed by atoms with Gasteiger partial charge < -0.3 is 34.8 Å². The minimum Gasteiger partial charge on any atom is -0.459 e. The SMILES string of the molecule is O=C(N[C@@H](Cc1ccc(-c2ncnc3c2ncn3[C@@H]2O[C@H](CO)[C@@H](O)[C@H]2O)cc1)C(=O)OCc1ccccc1)OCc1ccccc1. The molecule has 13 nitrogen and oxygen atoms in total. The molecule has 0 unspecified atom stereocenters. The molecule has 0 radical (unpaired) electrons. The molecule has 1 aliphatic heterocycles. The molecule has 3 aromatic carbocycles. The first-order valence-corrected chi connectivity index (χ1v) is 15.0. The van der Waals surface area contributed by atoms with E-state index in [0.717, 1.165) is 16.7 Å². The van der Waals surface area contributed by atoms with E-state index in [1.807, 2.05) is 72.8 Å². The summed E-state index contributed by atoms with van der Waals surface area (Å²) in [4.78, 5) is 39.1. The van der Waals surface area contributed by atoms with E-state index >= 15 is 0 Å². The van der Waals surface area contributed by atoms with Crippen molar-refractivity contribution in [3.8, 4) is 11.3 Å². The Bertz CT molecular complexity index is 1800. The molecule has 6 rings (SSSR count). The Morgan fingerprint density at radius 1 is 0.830 bits per heavy atom. The molecule has 47 heavy (non-hydrogen) atoms. The van der Waals surface area contributed by atoms with Crippen LogP contribution < -0.4 is 5.32 Å². The number of hydrogen-bond donors (Lipinski definition) is 4. The summed E-state index contributed by atoms with van der Waals surface area (Å²) in [5, 5.41) is 32.8. The van der Waals surface area contributed by atoms with Gasteiger partial charge in [0.1, 0.15) is 55.1 Å². The summed E-state index contributed by atoms with van der Waals surface area (Å²) >= 11 is 0. The maximum absolute atomic E-state index is 13.2. The lowest BCUT2D eigenvalue weighted by molar-refractivity contribution is -0.147. The van der Waals surface area contributed by atoms with E-state index in [4.69, 9.17) is 14.2 Å². The molecule has 3 heterocycles. The second-order valence-corrected chi connectivity index (χ2v) is 11.0. The van der Waals surface area contributed by atoms with E-state index in [2.05, 4.69) is 20.3 Å². The quantitative estimate of drug-likeness (QED) is 0.156. The van der Waals surface area contributed by atoms with Crippen molar-refractivity contribution in [1.82, 2.24) is 24.8 Å². The second-order valence-electron chi connectivity index (χ2n) is 11.0. The zero-order valence-electron chi connectivity index (χ0n) is 25.1. The molecule has 5 atom stereocenters. The van der Waals surface area contributed by atoms with Crippen molar-refractivity contribution >= 4 is 23.2 Å². The van der Waals surface area contributed by atoms with Crippen molar-refractivity contribution in [3.05, 3.63) is 114 Å². The topological polar surface area (TPSA) is 178 Å². The fourth-order valence-electron chi connectivity index (χ4n) is 5.32. The van der Waals surface area contributed by atoms with Gasteiger partial charge in [-0.3, -0.25) is 4.57 Å².